The molecule has 0 unspecified atom stereocenters. The maximum absolute atomic E-state index is 12.2. The highest BCUT2D eigenvalue weighted by Crippen LogP contribution is 2.24. The van der Waals surface area contributed by atoms with E-state index in [2.05, 4.69) is 18.8 Å². The van der Waals surface area contributed by atoms with Crippen LogP contribution >= 0.6 is 11.8 Å². The average Bonchev–Trinajstić information content (AvgIpc) is 2.36. The molecule has 0 fully saturated rings. The molecule has 0 saturated heterocycles. The van der Waals surface area contributed by atoms with Gasteiger partial charge < -0.3 is 9.67 Å². The fourth-order valence-corrected chi connectivity index (χ4v) is 2.47. The average molecular weight is 276 g/mol. The molecule has 0 spiro atoms. The van der Waals surface area contributed by atoms with Crippen LogP contribution in [0.5, 0.6) is 5.75 Å². The molecular weight excluding hydrogens is 260 g/mol. The van der Waals surface area contributed by atoms with Crippen LogP contribution in [0.1, 0.15) is 13.8 Å². The van der Waals surface area contributed by atoms with Gasteiger partial charge in [0.15, 0.2) is 5.03 Å². The number of hydrogen-bond donors (Lipinski definition) is 1. The molecule has 19 heavy (non-hydrogen) atoms. The van der Waals surface area contributed by atoms with Gasteiger partial charge in [0.25, 0.3) is 5.56 Å². The van der Waals surface area contributed by atoms with Crippen molar-refractivity contribution in [2.45, 2.75) is 30.3 Å². The Kier molecular flexibility index (Phi) is 4.27. The molecule has 0 bridgehead atoms. The van der Waals surface area contributed by atoms with Crippen LogP contribution in [0.2, 0.25) is 0 Å². The number of benzene rings is 1. The van der Waals surface area contributed by atoms with Crippen molar-refractivity contribution in [3.8, 4) is 5.75 Å². The van der Waals surface area contributed by atoms with E-state index in [1.807, 2.05) is 0 Å². The van der Waals surface area contributed by atoms with Crippen molar-refractivity contribution < 1.29 is 5.11 Å². The predicted molar refractivity (Wildman–Crippen MR) is 75.6 cm³/mol. The van der Waals surface area contributed by atoms with Gasteiger partial charge >= 0.3 is 0 Å². The van der Waals surface area contributed by atoms with Crippen LogP contribution < -0.4 is 5.56 Å². The summed E-state index contributed by atoms with van der Waals surface area (Å²) in [6.07, 6.45) is 3.36. The Hall–Kier alpha value is -1.75. The number of phenolic OH excluding ortho intramolecular Hbond substituents is 1. The second-order valence-corrected chi connectivity index (χ2v) is 5.74. The molecule has 100 valence electrons. The molecule has 0 aliphatic rings. The number of nitrogens with zero attached hydrogens (tertiary/aromatic N) is 2. The number of hydrogen-bond acceptors (Lipinski definition) is 4. The third-order valence-electron chi connectivity index (χ3n) is 2.50. The van der Waals surface area contributed by atoms with E-state index in [4.69, 9.17) is 0 Å². The molecule has 2 aromatic rings. The van der Waals surface area contributed by atoms with Crippen molar-refractivity contribution >= 4 is 11.8 Å². The van der Waals surface area contributed by atoms with E-state index >= 15 is 0 Å². The molecule has 1 heterocycles. The highest BCUT2D eigenvalue weighted by molar-refractivity contribution is 7.99. The zero-order valence-corrected chi connectivity index (χ0v) is 11.7. The standard InChI is InChI=1S/C14H16N2O2S/c1-10(2)9-16-8-7-15-13(14(16)18)19-12-5-3-11(17)4-6-12/h3-8,10,17H,9H2,1-2H3. The maximum Gasteiger partial charge on any atom is 0.283 e. The summed E-state index contributed by atoms with van der Waals surface area (Å²) in [7, 11) is 0. The fourth-order valence-electron chi connectivity index (χ4n) is 1.66. The summed E-state index contributed by atoms with van der Waals surface area (Å²) in [6, 6.07) is 6.72. The van der Waals surface area contributed by atoms with Crippen molar-refractivity contribution in [1.82, 2.24) is 9.55 Å². The first-order valence-electron chi connectivity index (χ1n) is 6.08. The van der Waals surface area contributed by atoms with Gasteiger partial charge in [0.2, 0.25) is 0 Å². The molecule has 0 saturated carbocycles. The summed E-state index contributed by atoms with van der Waals surface area (Å²) in [5.74, 6) is 0.620. The maximum atomic E-state index is 12.2. The van der Waals surface area contributed by atoms with E-state index < -0.39 is 0 Å². The van der Waals surface area contributed by atoms with Gasteiger partial charge in [0, 0.05) is 23.8 Å². The predicted octanol–water partition coefficient (Wildman–Crippen LogP) is 2.76. The lowest BCUT2D eigenvalue weighted by molar-refractivity contribution is 0.475. The summed E-state index contributed by atoms with van der Waals surface area (Å²) in [4.78, 5) is 17.2. The number of phenols is 1. The van der Waals surface area contributed by atoms with Gasteiger partial charge in [-0.2, -0.15) is 0 Å². The fraction of sp³-hybridized carbons (Fsp3) is 0.286. The summed E-state index contributed by atoms with van der Waals surface area (Å²) in [6.45, 7) is 4.82. The van der Waals surface area contributed by atoms with Gasteiger partial charge in [-0.1, -0.05) is 25.6 Å². The molecule has 1 N–H and O–H groups in total. The largest absolute Gasteiger partial charge is 0.508 e. The Morgan fingerprint density at radius 1 is 1.32 bits per heavy atom. The van der Waals surface area contributed by atoms with Gasteiger partial charge in [-0.15, -0.1) is 0 Å². The third-order valence-corrected chi connectivity index (χ3v) is 3.48. The zero-order valence-electron chi connectivity index (χ0n) is 10.9. The normalized spacial score (nSPS) is 10.9. The molecule has 0 aliphatic carbocycles. The lowest BCUT2D eigenvalue weighted by atomic mass is 10.2. The first kappa shape index (κ1) is 13.7. The first-order valence-corrected chi connectivity index (χ1v) is 6.90. The van der Waals surface area contributed by atoms with Crippen LogP contribution in [0.25, 0.3) is 0 Å². The van der Waals surface area contributed by atoms with Gasteiger partial charge in [0.05, 0.1) is 0 Å². The Morgan fingerprint density at radius 3 is 2.63 bits per heavy atom. The highest BCUT2D eigenvalue weighted by atomic mass is 32.2. The van der Waals surface area contributed by atoms with E-state index in [0.717, 1.165) is 4.90 Å². The molecule has 1 aromatic carbocycles. The van der Waals surface area contributed by atoms with Crippen molar-refractivity contribution in [1.29, 1.82) is 0 Å². The Balaban J connectivity index is 2.25. The number of aromatic nitrogens is 2. The molecule has 5 heteroatoms. The molecule has 1 aromatic heterocycles. The number of aromatic hydroxyl groups is 1. The minimum atomic E-state index is -0.0747. The van der Waals surface area contributed by atoms with E-state index in [9.17, 15) is 9.90 Å². The first-order chi connectivity index (χ1) is 9.06. The van der Waals surface area contributed by atoms with Crippen molar-refractivity contribution in [2.75, 3.05) is 0 Å². The number of rotatable bonds is 4. The Labute approximate surface area is 116 Å². The highest BCUT2D eigenvalue weighted by Gasteiger charge is 2.08. The van der Waals surface area contributed by atoms with Gasteiger partial charge in [0.1, 0.15) is 5.75 Å². The van der Waals surface area contributed by atoms with E-state index in [0.29, 0.717) is 17.5 Å². The Morgan fingerprint density at radius 2 is 2.00 bits per heavy atom. The lowest BCUT2D eigenvalue weighted by Crippen LogP contribution is -2.23. The molecule has 0 amide bonds. The van der Waals surface area contributed by atoms with Crippen molar-refractivity contribution in [3.05, 3.63) is 47.0 Å². The van der Waals surface area contributed by atoms with Crippen molar-refractivity contribution in [3.63, 3.8) is 0 Å². The summed E-state index contributed by atoms with van der Waals surface area (Å²) >= 11 is 1.31. The SMILES string of the molecule is CC(C)Cn1ccnc(Sc2ccc(O)cc2)c1=O. The van der Waals surface area contributed by atoms with Crippen LogP contribution in [0.15, 0.2) is 51.4 Å². The minimum Gasteiger partial charge on any atom is -0.508 e. The van der Waals surface area contributed by atoms with E-state index in [1.54, 1.807) is 41.2 Å². The molecule has 0 aliphatic heterocycles. The summed E-state index contributed by atoms with van der Waals surface area (Å²) < 4.78 is 1.68. The smallest absolute Gasteiger partial charge is 0.283 e. The van der Waals surface area contributed by atoms with Gasteiger partial charge in [-0.3, -0.25) is 4.79 Å². The van der Waals surface area contributed by atoms with Crippen molar-refractivity contribution in [2.24, 2.45) is 5.92 Å². The lowest BCUT2D eigenvalue weighted by Gasteiger charge is -2.09. The molecule has 0 atom stereocenters. The van der Waals surface area contributed by atoms with Crippen LogP contribution in [0.3, 0.4) is 0 Å². The zero-order chi connectivity index (χ0) is 13.8. The second-order valence-electron chi connectivity index (χ2n) is 4.68. The third kappa shape index (κ3) is 3.61. The molecule has 4 nitrogen and oxygen atoms in total. The molecule has 2 rings (SSSR count). The summed E-state index contributed by atoms with van der Waals surface area (Å²) in [5.41, 5.74) is -0.0747. The van der Waals surface area contributed by atoms with Crippen LogP contribution in [-0.2, 0) is 6.54 Å². The Bertz CT molecular complexity index is 606. The van der Waals surface area contributed by atoms with E-state index in [1.165, 1.54) is 11.8 Å². The van der Waals surface area contributed by atoms with E-state index in [-0.39, 0.29) is 11.3 Å². The van der Waals surface area contributed by atoms with Crippen LogP contribution in [0.4, 0.5) is 0 Å². The summed E-state index contributed by atoms with van der Waals surface area (Å²) in [5, 5.41) is 9.68. The topological polar surface area (TPSA) is 55.1 Å². The quantitative estimate of drug-likeness (QED) is 0.933. The molecular formula is C14H16N2O2S. The van der Waals surface area contributed by atoms with Crippen LogP contribution in [0, 0.1) is 5.92 Å². The van der Waals surface area contributed by atoms with Gasteiger partial charge in [-0.25, -0.2) is 4.98 Å². The second kappa shape index (κ2) is 5.93. The van der Waals surface area contributed by atoms with Gasteiger partial charge in [-0.05, 0) is 30.2 Å². The molecule has 0 radical (unpaired) electrons. The minimum absolute atomic E-state index is 0.0747. The monoisotopic (exact) mass is 276 g/mol. The van der Waals surface area contributed by atoms with Crippen LogP contribution in [-0.4, -0.2) is 14.7 Å².